The number of carbonyl (C=O) groups excluding carboxylic acids is 2. The summed E-state index contributed by atoms with van der Waals surface area (Å²) in [6, 6.07) is 18.2. The minimum absolute atomic E-state index is 0.182. The molecule has 0 saturated heterocycles. The van der Waals surface area contributed by atoms with E-state index in [1.165, 1.54) is 23.9 Å². The van der Waals surface area contributed by atoms with Crippen molar-refractivity contribution in [3.63, 3.8) is 0 Å². The van der Waals surface area contributed by atoms with E-state index in [2.05, 4.69) is 15.6 Å². The van der Waals surface area contributed by atoms with Crippen LogP contribution in [0.5, 0.6) is 0 Å². The number of hydrogen-bond donors (Lipinski definition) is 2. The van der Waals surface area contributed by atoms with Crippen molar-refractivity contribution in [2.75, 3.05) is 11.1 Å². The maximum absolute atomic E-state index is 12.9. The molecule has 28 heavy (non-hydrogen) atoms. The molecule has 5 nitrogen and oxygen atoms in total. The van der Waals surface area contributed by atoms with Crippen LogP contribution in [0.25, 0.3) is 0 Å². The third-order valence-electron chi connectivity index (χ3n) is 3.75. The zero-order chi connectivity index (χ0) is 19.8. The number of anilines is 1. The first-order valence-electron chi connectivity index (χ1n) is 8.56. The molecule has 0 atom stereocenters. The van der Waals surface area contributed by atoms with Gasteiger partial charge in [0.2, 0.25) is 5.91 Å². The number of amides is 2. The van der Waals surface area contributed by atoms with Crippen molar-refractivity contribution in [3.8, 4) is 0 Å². The molecule has 2 N–H and O–H groups in total. The standard InChI is InChI=1S/C21H18FN3O2S/c22-16-7-9-19(10-8-16)28-14-20(26)25-17-6-3-4-15(12-17)21(27)24-13-18-5-1-2-11-23-18/h1-12H,13-14H2,(H,24,27)(H,25,26). The molecule has 0 bridgehead atoms. The third-order valence-corrected chi connectivity index (χ3v) is 4.76. The van der Waals surface area contributed by atoms with E-state index in [1.807, 2.05) is 18.2 Å². The van der Waals surface area contributed by atoms with Crippen LogP contribution in [-0.2, 0) is 11.3 Å². The van der Waals surface area contributed by atoms with E-state index in [0.29, 0.717) is 17.8 Å². The molecule has 3 aromatic rings. The monoisotopic (exact) mass is 395 g/mol. The first-order valence-corrected chi connectivity index (χ1v) is 9.55. The Hall–Kier alpha value is -3.19. The number of nitrogens with zero attached hydrogens (tertiary/aromatic N) is 1. The highest BCUT2D eigenvalue weighted by Crippen LogP contribution is 2.19. The summed E-state index contributed by atoms with van der Waals surface area (Å²) in [7, 11) is 0. The van der Waals surface area contributed by atoms with Gasteiger partial charge in [-0.15, -0.1) is 11.8 Å². The number of carbonyl (C=O) groups is 2. The Balaban J connectivity index is 1.52. The fraction of sp³-hybridized carbons (Fsp3) is 0.0952. The molecule has 0 spiro atoms. The van der Waals surface area contributed by atoms with Crippen molar-refractivity contribution < 1.29 is 14.0 Å². The molecule has 0 fully saturated rings. The maximum Gasteiger partial charge on any atom is 0.251 e. The van der Waals surface area contributed by atoms with E-state index >= 15 is 0 Å². The summed E-state index contributed by atoms with van der Waals surface area (Å²) in [5.74, 6) is -0.586. The molecule has 7 heteroatoms. The van der Waals surface area contributed by atoms with Crippen LogP contribution in [0.15, 0.2) is 77.8 Å². The first kappa shape index (κ1) is 19.6. The van der Waals surface area contributed by atoms with Gasteiger partial charge in [0.1, 0.15) is 5.82 Å². The molecule has 0 aliphatic heterocycles. The Bertz CT molecular complexity index is 949. The number of thioether (sulfide) groups is 1. The second kappa shape index (κ2) is 9.66. The van der Waals surface area contributed by atoms with Crippen LogP contribution in [0, 0.1) is 5.82 Å². The van der Waals surface area contributed by atoms with Crippen molar-refractivity contribution in [1.82, 2.24) is 10.3 Å². The van der Waals surface area contributed by atoms with Gasteiger partial charge in [-0.2, -0.15) is 0 Å². The SMILES string of the molecule is O=C(CSc1ccc(F)cc1)Nc1cccc(C(=O)NCc2ccccn2)c1. The summed E-state index contributed by atoms with van der Waals surface area (Å²) in [4.78, 5) is 29.4. The predicted octanol–water partition coefficient (Wildman–Crippen LogP) is 3.88. The average molecular weight is 395 g/mol. The van der Waals surface area contributed by atoms with Crippen molar-refractivity contribution >= 4 is 29.3 Å². The van der Waals surface area contributed by atoms with Crippen LogP contribution in [0.2, 0.25) is 0 Å². The molecule has 2 amide bonds. The Morgan fingerprint density at radius 1 is 1.00 bits per heavy atom. The van der Waals surface area contributed by atoms with Gasteiger partial charge in [0, 0.05) is 22.3 Å². The van der Waals surface area contributed by atoms with Crippen LogP contribution >= 0.6 is 11.8 Å². The minimum Gasteiger partial charge on any atom is -0.346 e. The quantitative estimate of drug-likeness (QED) is 0.596. The molecular formula is C21H18FN3O2S. The zero-order valence-electron chi connectivity index (χ0n) is 14.9. The number of nitrogens with one attached hydrogen (secondary N) is 2. The number of rotatable bonds is 7. The largest absolute Gasteiger partial charge is 0.346 e. The molecule has 1 aromatic heterocycles. The summed E-state index contributed by atoms with van der Waals surface area (Å²) >= 11 is 1.31. The second-order valence-electron chi connectivity index (χ2n) is 5.88. The van der Waals surface area contributed by atoms with Gasteiger partial charge in [-0.05, 0) is 54.6 Å². The topological polar surface area (TPSA) is 71.1 Å². The molecule has 0 saturated carbocycles. The number of halogens is 1. The normalized spacial score (nSPS) is 10.3. The van der Waals surface area contributed by atoms with E-state index in [0.717, 1.165) is 10.6 Å². The average Bonchev–Trinajstić information content (AvgIpc) is 2.72. The lowest BCUT2D eigenvalue weighted by Gasteiger charge is -2.08. The van der Waals surface area contributed by atoms with Crippen LogP contribution in [0.4, 0.5) is 10.1 Å². The lowest BCUT2D eigenvalue weighted by molar-refractivity contribution is -0.113. The maximum atomic E-state index is 12.9. The van der Waals surface area contributed by atoms with Crippen molar-refractivity contribution in [2.24, 2.45) is 0 Å². The summed E-state index contributed by atoms with van der Waals surface area (Å²) in [5.41, 5.74) is 1.74. The van der Waals surface area contributed by atoms with Crippen molar-refractivity contribution in [3.05, 3.63) is 90.0 Å². The molecular weight excluding hydrogens is 377 g/mol. The smallest absolute Gasteiger partial charge is 0.251 e. The molecule has 1 heterocycles. The Morgan fingerprint density at radius 2 is 1.82 bits per heavy atom. The van der Waals surface area contributed by atoms with Crippen LogP contribution in [-0.4, -0.2) is 22.6 Å². The highest BCUT2D eigenvalue weighted by molar-refractivity contribution is 8.00. The lowest BCUT2D eigenvalue weighted by Crippen LogP contribution is -2.23. The van der Waals surface area contributed by atoms with Crippen LogP contribution in [0.1, 0.15) is 16.1 Å². The van der Waals surface area contributed by atoms with Crippen LogP contribution < -0.4 is 10.6 Å². The van der Waals surface area contributed by atoms with Gasteiger partial charge in [0.25, 0.3) is 5.91 Å². The zero-order valence-corrected chi connectivity index (χ0v) is 15.7. The summed E-state index contributed by atoms with van der Waals surface area (Å²) in [6.45, 7) is 0.324. The Morgan fingerprint density at radius 3 is 2.57 bits per heavy atom. The van der Waals surface area contributed by atoms with Crippen molar-refractivity contribution in [1.29, 1.82) is 0 Å². The molecule has 3 rings (SSSR count). The predicted molar refractivity (Wildman–Crippen MR) is 108 cm³/mol. The second-order valence-corrected chi connectivity index (χ2v) is 6.92. The van der Waals surface area contributed by atoms with E-state index in [4.69, 9.17) is 0 Å². The van der Waals surface area contributed by atoms with Gasteiger partial charge in [0.05, 0.1) is 18.0 Å². The van der Waals surface area contributed by atoms with E-state index in [9.17, 15) is 14.0 Å². The first-order chi connectivity index (χ1) is 13.6. The van der Waals surface area contributed by atoms with Crippen LogP contribution in [0.3, 0.4) is 0 Å². The number of benzene rings is 2. The van der Waals surface area contributed by atoms with Gasteiger partial charge in [-0.1, -0.05) is 12.1 Å². The number of aromatic nitrogens is 1. The van der Waals surface area contributed by atoms with E-state index in [1.54, 1.807) is 42.6 Å². The third kappa shape index (κ3) is 5.92. The summed E-state index contributed by atoms with van der Waals surface area (Å²) in [6.07, 6.45) is 1.67. The molecule has 0 radical (unpaired) electrons. The fourth-order valence-corrected chi connectivity index (χ4v) is 3.09. The molecule has 0 unspecified atom stereocenters. The number of pyridine rings is 1. The molecule has 142 valence electrons. The number of hydrogen-bond acceptors (Lipinski definition) is 4. The molecule has 0 aliphatic carbocycles. The van der Waals surface area contributed by atoms with Gasteiger partial charge >= 0.3 is 0 Å². The minimum atomic E-state index is -0.313. The Kier molecular flexibility index (Phi) is 6.75. The van der Waals surface area contributed by atoms with Gasteiger partial charge < -0.3 is 10.6 Å². The van der Waals surface area contributed by atoms with Gasteiger partial charge in [-0.25, -0.2) is 4.39 Å². The highest BCUT2D eigenvalue weighted by Gasteiger charge is 2.09. The molecule has 2 aromatic carbocycles. The Labute approximate surface area is 166 Å². The summed E-state index contributed by atoms with van der Waals surface area (Å²) in [5, 5.41) is 5.56. The van der Waals surface area contributed by atoms with Gasteiger partial charge in [0.15, 0.2) is 0 Å². The fourth-order valence-electron chi connectivity index (χ4n) is 2.39. The van der Waals surface area contributed by atoms with Gasteiger partial charge in [-0.3, -0.25) is 14.6 Å². The highest BCUT2D eigenvalue weighted by atomic mass is 32.2. The van der Waals surface area contributed by atoms with E-state index < -0.39 is 0 Å². The lowest BCUT2D eigenvalue weighted by atomic mass is 10.2. The van der Waals surface area contributed by atoms with Crippen molar-refractivity contribution in [2.45, 2.75) is 11.4 Å². The summed E-state index contributed by atoms with van der Waals surface area (Å²) < 4.78 is 12.9. The van der Waals surface area contributed by atoms with E-state index in [-0.39, 0.29) is 23.4 Å². The molecule has 0 aliphatic rings.